The van der Waals surface area contributed by atoms with Crippen LogP contribution in [-0.4, -0.2) is 4.98 Å². The Bertz CT molecular complexity index is 335. The molecule has 0 amide bonds. The first-order chi connectivity index (χ1) is 4.88. The molecule has 2 heteroatoms. The highest BCUT2D eigenvalue weighted by Gasteiger charge is 2.06. The summed E-state index contributed by atoms with van der Waals surface area (Å²) in [4.78, 5) is 14.1. The molecule has 0 spiro atoms. The van der Waals surface area contributed by atoms with Crippen LogP contribution in [0, 0.1) is 0 Å². The van der Waals surface area contributed by atoms with Gasteiger partial charge in [-0.1, -0.05) is 6.08 Å². The van der Waals surface area contributed by atoms with Crippen molar-refractivity contribution in [3.63, 3.8) is 0 Å². The summed E-state index contributed by atoms with van der Waals surface area (Å²) in [6.45, 7) is 0. The fourth-order valence-corrected chi connectivity index (χ4v) is 1.18. The van der Waals surface area contributed by atoms with E-state index in [4.69, 9.17) is 0 Å². The zero-order valence-corrected chi connectivity index (χ0v) is 5.42. The summed E-state index contributed by atoms with van der Waals surface area (Å²) in [5, 5.41) is 0. The number of hydrogen-bond acceptors (Lipinski definition) is 1. The fourth-order valence-electron chi connectivity index (χ4n) is 1.18. The molecule has 1 N–H and O–H groups in total. The van der Waals surface area contributed by atoms with Crippen molar-refractivity contribution < 1.29 is 0 Å². The topological polar surface area (TPSA) is 32.9 Å². The van der Waals surface area contributed by atoms with Gasteiger partial charge in [0, 0.05) is 23.5 Å². The normalized spacial score (nSPS) is 13.6. The standard InChI is InChI=1S/C8H7NO/c10-8-4-5-9-7-3-1-2-6(7)8/h1,3-5H,2H2,(H,9,10). The SMILES string of the molecule is O=c1cc[nH]c2c1CC=C2. The Balaban J connectivity index is 2.77. The van der Waals surface area contributed by atoms with E-state index in [9.17, 15) is 4.79 Å². The molecular formula is C8H7NO. The molecule has 0 aromatic carbocycles. The number of H-pyrrole nitrogens is 1. The Morgan fingerprint density at radius 3 is 3.20 bits per heavy atom. The van der Waals surface area contributed by atoms with Gasteiger partial charge in [-0.2, -0.15) is 0 Å². The van der Waals surface area contributed by atoms with E-state index in [1.165, 1.54) is 0 Å². The van der Waals surface area contributed by atoms with Crippen LogP contribution in [0.2, 0.25) is 0 Å². The fraction of sp³-hybridized carbons (Fsp3) is 0.125. The number of hydrogen-bond donors (Lipinski definition) is 1. The van der Waals surface area contributed by atoms with E-state index in [0.717, 1.165) is 17.7 Å². The molecular weight excluding hydrogens is 126 g/mol. The highest BCUT2D eigenvalue weighted by molar-refractivity contribution is 5.55. The van der Waals surface area contributed by atoms with Crippen LogP contribution in [0.3, 0.4) is 0 Å². The van der Waals surface area contributed by atoms with Gasteiger partial charge in [0.15, 0.2) is 5.43 Å². The Hall–Kier alpha value is -1.31. The van der Waals surface area contributed by atoms with Gasteiger partial charge in [0.25, 0.3) is 0 Å². The van der Waals surface area contributed by atoms with Crippen LogP contribution in [0.1, 0.15) is 11.3 Å². The zero-order chi connectivity index (χ0) is 6.97. The predicted octanol–water partition coefficient (Wildman–Crippen LogP) is 0.944. The molecule has 0 fully saturated rings. The average molecular weight is 133 g/mol. The Labute approximate surface area is 58.2 Å². The van der Waals surface area contributed by atoms with E-state index in [1.807, 2.05) is 12.2 Å². The second-order valence-electron chi connectivity index (χ2n) is 2.34. The van der Waals surface area contributed by atoms with E-state index in [1.54, 1.807) is 12.3 Å². The first-order valence-electron chi connectivity index (χ1n) is 3.25. The third kappa shape index (κ3) is 0.620. The largest absolute Gasteiger partial charge is 0.361 e. The Morgan fingerprint density at radius 1 is 1.50 bits per heavy atom. The first kappa shape index (κ1) is 5.47. The van der Waals surface area contributed by atoms with Gasteiger partial charge >= 0.3 is 0 Å². The highest BCUT2D eigenvalue weighted by Crippen LogP contribution is 2.10. The lowest BCUT2D eigenvalue weighted by atomic mass is 10.2. The number of nitrogens with one attached hydrogen (secondary N) is 1. The first-order valence-corrected chi connectivity index (χ1v) is 3.25. The van der Waals surface area contributed by atoms with E-state index in [-0.39, 0.29) is 5.43 Å². The third-order valence-electron chi connectivity index (χ3n) is 1.70. The molecule has 1 aliphatic rings. The second kappa shape index (κ2) is 1.84. The van der Waals surface area contributed by atoms with Crippen molar-refractivity contribution in [3.8, 4) is 0 Å². The summed E-state index contributed by atoms with van der Waals surface area (Å²) in [6.07, 6.45) is 6.39. The van der Waals surface area contributed by atoms with Crippen molar-refractivity contribution in [1.82, 2.24) is 4.98 Å². The minimum atomic E-state index is 0.138. The third-order valence-corrected chi connectivity index (χ3v) is 1.70. The molecule has 0 unspecified atom stereocenters. The molecule has 0 aliphatic heterocycles. The van der Waals surface area contributed by atoms with Crippen molar-refractivity contribution in [2.24, 2.45) is 0 Å². The van der Waals surface area contributed by atoms with E-state index in [0.29, 0.717) is 0 Å². The van der Waals surface area contributed by atoms with Crippen LogP contribution in [0.15, 0.2) is 23.1 Å². The maximum atomic E-state index is 11.1. The van der Waals surface area contributed by atoms with Crippen LogP contribution in [0.4, 0.5) is 0 Å². The molecule has 10 heavy (non-hydrogen) atoms. The molecule has 50 valence electrons. The smallest absolute Gasteiger partial charge is 0.185 e. The number of aromatic nitrogens is 1. The van der Waals surface area contributed by atoms with Gasteiger partial charge in [-0.15, -0.1) is 0 Å². The Morgan fingerprint density at radius 2 is 2.40 bits per heavy atom. The van der Waals surface area contributed by atoms with Crippen LogP contribution in [0.5, 0.6) is 0 Å². The van der Waals surface area contributed by atoms with E-state index < -0.39 is 0 Å². The van der Waals surface area contributed by atoms with Gasteiger partial charge < -0.3 is 4.98 Å². The summed E-state index contributed by atoms with van der Waals surface area (Å²) in [5.74, 6) is 0. The number of aromatic amines is 1. The van der Waals surface area contributed by atoms with Crippen molar-refractivity contribution in [2.45, 2.75) is 6.42 Å². The summed E-state index contributed by atoms with van der Waals surface area (Å²) < 4.78 is 0. The van der Waals surface area contributed by atoms with Gasteiger partial charge in [-0.3, -0.25) is 4.79 Å². The molecule has 2 rings (SSSR count). The summed E-state index contributed by atoms with van der Waals surface area (Å²) in [6, 6.07) is 1.56. The number of fused-ring (bicyclic) bond motifs is 1. The molecule has 1 aromatic rings. The number of allylic oxidation sites excluding steroid dienone is 1. The molecule has 1 aliphatic carbocycles. The highest BCUT2D eigenvalue weighted by atomic mass is 16.1. The lowest BCUT2D eigenvalue weighted by molar-refractivity contribution is 1.18. The van der Waals surface area contributed by atoms with Crippen molar-refractivity contribution >= 4 is 6.08 Å². The van der Waals surface area contributed by atoms with Gasteiger partial charge in [0.2, 0.25) is 0 Å². The minimum Gasteiger partial charge on any atom is -0.361 e. The van der Waals surface area contributed by atoms with Crippen LogP contribution >= 0.6 is 0 Å². The van der Waals surface area contributed by atoms with E-state index >= 15 is 0 Å². The Kier molecular flexibility index (Phi) is 1.01. The number of pyridine rings is 1. The second-order valence-corrected chi connectivity index (χ2v) is 2.34. The maximum Gasteiger partial charge on any atom is 0.185 e. The number of rotatable bonds is 0. The lowest BCUT2D eigenvalue weighted by Gasteiger charge is -1.93. The van der Waals surface area contributed by atoms with Gasteiger partial charge in [0.1, 0.15) is 0 Å². The minimum absolute atomic E-state index is 0.138. The monoisotopic (exact) mass is 133 g/mol. The predicted molar refractivity (Wildman–Crippen MR) is 39.8 cm³/mol. The molecule has 0 bridgehead atoms. The van der Waals surface area contributed by atoms with Crippen molar-refractivity contribution in [1.29, 1.82) is 0 Å². The summed E-state index contributed by atoms with van der Waals surface area (Å²) in [7, 11) is 0. The summed E-state index contributed by atoms with van der Waals surface area (Å²) >= 11 is 0. The van der Waals surface area contributed by atoms with Crippen LogP contribution < -0.4 is 5.43 Å². The van der Waals surface area contributed by atoms with Crippen molar-refractivity contribution in [2.75, 3.05) is 0 Å². The van der Waals surface area contributed by atoms with Gasteiger partial charge in [-0.25, -0.2) is 0 Å². The molecule has 0 saturated heterocycles. The van der Waals surface area contributed by atoms with Crippen molar-refractivity contribution in [3.05, 3.63) is 39.8 Å². The molecule has 0 atom stereocenters. The molecule has 0 saturated carbocycles. The maximum absolute atomic E-state index is 11.1. The van der Waals surface area contributed by atoms with E-state index in [2.05, 4.69) is 4.98 Å². The quantitative estimate of drug-likeness (QED) is 0.561. The molecule has 1 heterocycles. The molecule has 0 radical (unpaired) electrons. The molecule has 2 nitrogen and oxygen atoms in total. The average Bonchev–Trinajstić information content (AvgIpc) is 2.36. The zero-order valence-electron chi connectivity index (χ0n) is 5.42. The van der Waals surface area contributed by atoms with Gasteiger partial charge in [-0.05, 0) is 12.5 Å². The lowest BCUT2D eigenvalue weighted by Crippen LogP contribution is -2.06. The van der Waals surface area contributed by atoms with Crippen LogP contribution in [-0.2, 0) is 6.42 Å². The summed E-state index contributed by atoms with van der Waals surface area (Å²) in [5.41, 5.74) is 1.99. The molecule has 1 aromatic heterocycles. The van der Waals surface area contributed by atoms with Gasteiger partial charge in [0.05, 0.1) is 0 Å². The van der Waals surface area contributed by atoms with Crippen LogP contribution in [0.25, 0.3) is 6.08 Å².